The number of thioether (sulfide) groups is 1. The van der Waals surface area contributed by atoms with E-state index in [1.165, 1.54) is 31.0 Å². The van der Waals surface area contributed by atoms with Crippen LogP contribution in [0.1, 0.15) is 10.4 Å². The van der Waals surface area contributed by atoms with Gasteiger partial charge in [0, 0.05) is 17.9 Å². The molecule has 0 fully saturated rings. The second-order valence-electron chi connectivity index (χ2n) is 3.55. The Hall–Kier alpha value is -1.76. The molecule has 0 unspecified atom stereocenters. The van der Waals surface area contributed by atoms with Crippen molar-refractivity contribution in [3.63, 3.8) is 0 Å². The van der Waals surface area contributed by atoms with Gasteiger partial charge in [0.15, 0.2) is 11.6 Å². The van der Waals surface area contributed by atoms with Gasteiger partial charge in [0.2, 0.25) is 0 Å². The van der Waals surface area contributed by atoms with Crippen LogP contribution >= 0.6 is 11.8 Å². The Morgan fingerprint density at radius 1 is 1.47 bits per heavy atom. The van der Waals surface area contributed by atoms with E-state index in [0.717, 1.165) is 6.07 Å². The van der Waals surface area contributed by atoms with E-state index < -0.39 is 17.7 Å². The maximum atomic E-state index is 13.4. The van der Waals surface area contributed by atoms with Gasteiger partial charge in [0.25, 0.3) is 5.91 Å². The zero-order valence-corrected chi connectivity index (χ0v) is 11.1. The lowest BCUT2D eigenvalue weighted by Crippen LogP contribution is -2.26. The lowest BCUT2D eigenvalue weighted by Gasteiger charge is -2.06. The van der Waals surface area contributed by atoms with Crippen LogP contribution in [-0.4, -0.2) is 42.1 Å². The zero-order valence-electron chi connectivity index (χ0n) is 10.3. The molecule has 2 N–H and O–H groups in total. The molecule has 0 aromatic heterocycles. The standard InChI is InChI=1S/C12H14FNO4S/c1-18-10-3-2-8(6-9(10)13)12(17)14-4-5-19-7-11(15)16/h2-3,6H,4-5,7H2,1H3,(H,14,17)(H,15,16). The summed E-state index contributed by atoms with van der Waals surface area (Å²) in [5, 5.41) is 11.0. The molecule has 104 valence electrons. The lowest BCUT2D eigenvalue weighted by molar-refractivity contribution is -0.133. The van der Waals surface area contributed by atoms with Gasteiger partial charge in [0.05, 0.1) is 12.9 Å². The van der Waals surface area contributed by atoms with Gasteiger partial charge in [0.1, 0.15) is 0 Å². The average molecular weight is 287 g/mol. The molecular formula is C12H14FNO4S. The Kier molecular flexibility index (Phi) is 6.14. The summed E-state index contributed by atoms with van der Waals surface area (Å²) < 4.78 is 18.1. The molecular weight excluding hydrogens is 273 g/mol. The third-order valence-electron chi connectivity index (χ3n) is 2.17. The van der Waals surface area contributed by atoms with E-state index in [1.807, 2.05) is 0 Å². The van der Waals surface area contributed by atoms with E-state index in [9.17, 15) is 14.0 Å². The number of aliphatic carboxylic acids is 1. The highest BCUT2D eigenvalue weighted by Crippen LogP contribution is 2.17. The fourth-order valence-corrected chi connectivity index (χ4v) is 1.87. The number of halogens is 1. The molecule has 7 heteroatoms. The first kappa shape index (κ1) is 15.3. The summed E-state index contributed by atoms with van der Waals surface area (Å²) in [6, 6.07) is 3.93. The molecule has 0 aliphatic heterocycles. The van der Waals surface area contributed by atoms with Gasteiger partial charge in [-0.05, 0) is 18.2 Å². The number of benzene rings is 1. The average Bonchev–Trinajstić information content (AvgIpc) is 2.37. The lowest BCUT2D eigenvalue weighted by atomic mass is 10.2. The Morgan fingerprint density at radius 2 is 2.21 bits per heavy atom. The van der Waals surface area contributed by atoms with Crippen LogP contribution in [0.5, 0.6) is 5.75 Å². The van der Waals surface area contributed by atoms with Gasteiger partial charge in [-0.25, -0.2) is 4.39 Å². The summed E-state index contributed by atoms with van der Waals surface area (Å²) in [5.74, 6) is -1.35. The van der Waals surface area contributed by atoms with E-state index in [2.05, 4.69) is 5.32 Å². The van der Waals surface area contributed by atoms with Gasteiger partial charge in [-0.2, -0.15) is 0 Å². The van der Waals surface area contributed by atoms with Gasteiger partial charge in [-0.15, -0.1) is 11.8 Å². The van der Waals surface area contributed by atoms with Crippen LogP contribution in [0.25, 0.3) is 0 Å². The maximum Gasteiger partial charge on any atom is 0.313 e. The van der Waals surface area contributed by atoms with Crippen LogP contribution < -0.4 is 10.1 Å². The quantitative estimate of drug-likeness (QED) is 0.741. The van der Waals surface area contributed by atoms with Gasteiger partial charge in [-0.3, -0.25) is 9.59 Å². The number of nitrogens with one attached hydrogen (secondary N) is 1. The van der Waals surface area contributed by atoms with Crippen LogP contribution in [-0.2, 0) is 4.79 Å². The third-order valence-corrected chi connectivity index (χ3v) is 3.12. The molecule has 5 nitrogen and oxygen atoms in total. The molecule has 0 saturated heterocycles. The predicted octanol–water partition coefficient (Wildman–Crippen LogP) is 1.38. The van der Waals surface area contributed by atoms with Crippen molar-refractivity contribution in [2.75, 3.05) is 25.2 Å². The summed E-state index contributed by atoms with van der Waals surface area (Å²) in [6.07, 6.45) is 0. The van der Waals surface area contributed by atoms with Crippen LogP contribution in [0.15, 0.2) is 18.2 Å². The van der Waals surface area contributed by atoms with Crippen molar-refractivity contribution in [1.29, 1.82) is 0 Å². The van der Waals surface area contributed by atoms with Crippen molar-refractivity contribution < 1.29 is 23.8 Å². The molecule has 0 heterocycles. The highest BCUT2D eigenvalue weighted by molar-refractivity contribution is 7.99. The molecule has 1 aromatic carbocycles. The molecule has 1 amide bonds. The van der Waals surface area contributed by atoms with Crippen molar-refractivity contribution in [2.45, 2.75) is 0 Å². The fourth-order valence-electron chi connectivity index (χ4n) is 1.31. The molecule has 1 aromatic rings. The van der Waals surface area contributed by atoms with Crippen molar-refractivity contribution in [3.05, 3.63) is 29.6 Å². The topological polar surface area (TPSA) is 75.6 Å². The van der Waals surface area contributed by atoms with E-state index in [-0.39, 0.29) is 17.1 Å². The molecule has 1 rings (SSSR count). The smallest absolute Gasteiger partial charge is 0.313 e. The summed E-state index contributed by atoms with van der Waals surface area (Å²) in [5.41, 5.74) is 0.196. The Morgan fingerprint density at radius 3 is 2.79 bits per heavy atom. The minimum Gasteiger partial charge on any atom is -0.494 e. The third kappa shape index (κ3) is 5.17. The molecule has 0 spiro atoms. The molecule has 0 saturated carbocycles. The van der Waals surface area contributed by atoms with E-state index >= 15 is 0 Å². The summed E-state index contributed by atoms with van der Waals surface area (Å²) >= 11 is 1.20. The molecule has 0 radical (unpaired) electrons. The van der Waals surface area contributed by atoms with Crippen LogP contribution in [0, 0.1) is 5.82 Å². The highest BCUT2D eigenvalue weighted by atomic mass is 32.2. The van der Waals surface area contributed by atoms with Crippen molar-refractivity contribution in [1.82, 2.24) is 5.32 Å². The first-order valence-electron chi connectivity index (χ1n) is 5.46. The summed E-state index contributed by atoms with van der Waals surface area (Å²) in [7, 11) is 1.35. The predicted molar refractivity (Wildman–Crippen MR) is 70.2 cm³/mol. The number of carboxylic acids is 1. The van der Waals surface area contributed by atoms with Crippen LogP contribution in [0.2, 0.25) is 0 Å². The minimum absolute atomic E-state index is 0.00691. The van der Waals surface area contributed by atoms with E-state index in [1.54, 1.807) is 0 Å². The monoisotopic (exact) mass is 287 g/mol. The van der Waals surface area contributed by atoms with Gasteiger partial charge in [-0.1, -0.05) is 0 Å². The number of hydrogen-bond donors (Lipinski definition) is 2. The Bertz CT molecular complexity index is 467. The zero-order chi connectivity index (χ0) is 14.3. The highest BCUT2D eigenvalue weighted by Gasteiger charge is 2.09. The number of amides is 1. The van der Waals surface area contributed by atoms with Crippen LogP contribution in [0.3, 0.4) is 0 Å². The second kappa shape index (κ2) is 7.63. The molecule has 0 bridgehead atoms. The number of carbonyl (C=O) groups excluding carboxylic acids is 1. The minimum atomic E-state index is -0.895. The number of carboxylic acid groups (broad SMARTS) is 1. The number of ether oxygens (including phenoxy) is 1. The van der Waals surface area contributed by atoms with Crippen molar-refractivity contribution in [2.24, 2.45) is 0 Å². The van der Waals surface area contributed by atoms with Crippen LogP contribution in [0.4, 0.5) is 4.39 Å². The molecule has 19 heavy (non-hydrogen) atoms. The van der Waals surface area contributed by atoms with E-state index in [0.29, 0.717) is 12.3 Å². The summed E-state index contributed by atoms with van der Waals surface area (Å²) in [6.45, 7) is 0.324. The fraction of sp³-hybridized carbons (Fsp3) is 0.333. The maximum absolute atomic E-state index is 13.4. The van der Waals surface area contributed by atoms with Gasteiger partial charge >= 0.3 is 5.97 Å². The van der Waals surface area contributed by atoms with E-state index in [4.69, 9.17) is 9.84 Å². The number of hydrogen-bond acceptors (Lipinski definition) is 4. The largest absolute Gasteiger partial charge is 0.494 e. The first-order valence-corrected chi connectivity index (χ1v) is 6.61. The SMILES string of the molecule is COc1ccc(C(=O)NCCSCC(=O)O)cc1F. The second-order valence-corrected chi connectivity index (χ2v) is 4.66. The Labute approximate surface area is 114 Å². The molecule has 0 atom stereocenters. The number of rotatable bonds is 7. The van der Waals surface area contributed by atoms with Crippen molar-refractivity contribution >= 4 is 23.6 Å². The van der Waals surface area contributed by atoms with Gasteiger partial charge < -0.3 is 15.2 Å². The first-order chi connectivity index (χ1) is 9.04. The molecule has 0 aliphatic rings. The normalized spacial score (nSPS) is 10.0. The van der Waals surface area contributed by atoms with Crippen molar-refractivity contribution in [3.8, 4) is 5.75 Å². The Balaban J connectivity index is 2.41. The summed E-state index contributed by atoms with van der Waals surface area (Å²) in [4.78, 5) is 21.9. The number of methoxy groups -OCH3 is 1. The number of carbonyl (C=O) groups is 2. The molecule has 0 aliphatic carbocycles.